The van der Waals surface area contributed by atoms with E-state index in [2.05, 4.69) is 27.2 Å². The van der Waals surface area contributed by atoms with E-state index >= 15 is 0 Å². The molecule has 2 N–H and O–H groups in total. The highest BCUT2D eigenvalue weighted by atomic mass is 19.4. The molecule has 0 bridgehead atoms. The first kappa shape index (κ1) is 16.5. The van der Waals surface area contributed by atoms with Gasteiger partial charge in [0.1, 0.15) is 17.7 Å². The molecule has 0 aliphatic rings. The molecule has 1 amide bonds. The number of amides is 1. The van der Waals surface area contributed by atoms with Crippen LogP contribution in [0.25, 0.3) is 0 Å². The number of aromatic nitrogens is 2. The van der Waals surface area contributed by atoms with Gasteiger partial charge in [-0.25, -0.2) is 9.97 Å². The summed E-state index contributed by atoms with van der Waals surface area (Å²) in [6.45, 7) is 5.13. The van der Waals surface area contributed by atoms with Crippen molar-refractivity contribution in [2.45, 2.75) is 13.1 Å². The second kappa shape index (κ2) is 6.47. The molecule has 0 fully saturated rings. The molecule has 1 heterocycles. The van der Waals surface area contributed by atoms with Crippen LogP contribution in [0.15, 0.2) is 43.4 Å². The topological polar surface area (TPSA) is 66.9 Å². The summed E-state index contributed by atoms with van der Waals surface area (Å²) in [5.41, 5.74) is 0.423. The fraction of sp³-hybridized carbons (Fsp3) is 0.133. The lowest BCUT2D eigenvalue weighted by Crippen LogP contribution is -2.13. The van der Waals surface area contributed by atoms with Crippen LogP contribution in [-0.2, 0) is 11.0 Å². The van der Waals surface area contributed by atoms with Gasteiger partial charge in [0.05, 0.1) is 11.4 Å². The van der Waals surface area contributed by atoms with E-state index in [1.807, 2.05) is 0 Å². The lowest BCUT2D eigenvalue weighted by atomic mass is 10.1. The maximum Gasteiger partial charge on any atom is 0.421 e. The van der Waals surface area contributed by atoms with Crippen molar-refractivity contribution in [1.29, 1.82) is 0 Å². The van der Waals surface area contributed by atoms with Crippen LogP contribution in [0.1, 0.15) is 11.1 Å². The first-order valence-electron chi connectivity index (χ1n) is 6.49. The van der Waals surface area contributed by atoms with Crippen LogP contribution in [0.3, 0.4) is 0 Å². The van der Waals surface area contributed by atoms with Crippen molar-refractivity contribution in [1.82, 2.24) is 9.97 Å². The molecule has 2 aromatic rings. The van der Waals surface area contributed by atoms with Crippen molar-refractivity contribution in [2.75, 3.05) is 10.6 Å². The Hall–Kier alpha value is -2.90. The molecule has 0 saturated heterocycles. The van der Waals surface area contributed by atoms with E-state index in [0.717, 1.165) is 18.0 Å². The van der Waals surface area contributed by atoms with Gasteiger partial charge in [0.15, 0.2) is 0 Å². The van der Waals surface area contributed by atoms with E-state index < -0.39 is 23.5 Å². The molecule has 1 aromatic carbocycles. The molecular formula is C15H13F3N4O. The Morgan fingerprint density at radius 2 is 2.04 bits per heavy atom. The van der Waals surface area contributed by atoms with Crippen molar-refractivity contribution in [3.05, 3.63) is 54.5 Å². The molecule has 0 spiro atoms. The zero-order valence-electron chi connectivity index (χ0n) is 12.1. The third-order valence-electron chi connectivity index (χ3n) is 2.89. The summed E-state index contributed by atoms with van der Waals surface area (Å²) < 4.78 is 38.9. The summed E-state index contributed by atoms with van der Waals surface area (Å²) >= 11 is 0. The Morgan fingerprint density at radius 3 is 2.70 bits per heavy atom. The number of hydrogen-bond donors (Lipinski definition) is 2. The molecule has 0 atom stereocenters. The van der Waals surface area contributed by atoms with Gasteiger partial charge in [0, 0.05) is 6.20 Å². The van der Waals surface area contributed by atoms with Crippen molar-refractivity contribution in [2.24, 2.45) is 0 Å². The highest BCUT2D eigenvalue weighted by molar-refractivity contribution is 6.01. The fourth-order valence-electron chi connectivity index (χ4n) is 1.82. The normalized spacial score (nSPS) is 11.0. The van der Waals surface area contributed by atoms with Crippen LogP contribution in [0.5, 0.6) is 0 Å². The predicted molar refractivity (Wildman–Crippen MR) is 80.3 cm³/mol. The number of rotatable bonds is 4. The number of nitrogens with one attached hydrogen (secondary N) is 2. The van der Waals surface area contributed by atoms with Crippen molar-refractivity contribution in [3.8, 4) is 0 Å². The molecule has 120 valence electrons. The van der Waals surface area contributed by atoms with Crippen LogP contribution >= 0.6 is 0 Å². The lowest BCUT2D eigenvalue weighted by molar-refractivity contribution is -0.137. The summed E-state index contributed by atoms with van der Waals surface area (Å²) in [5.74, 6) is -0.872. The number of carbonyl (C=O) groups excluding carboxylic acids is 1. The average molecular weight is 322 g/mol. The van der Waals surface area contributed by atoms with Crippen molar-refractivity contribution < 1.29 is 18.0 Å². The van der Waals surface area contributed by atoms with Gasteiger partial charge in [-0.15, -0.1) is 0 Å². The zero-order chi connectivity index (χ0) is 17.0. The lowest BCUT2D eigenvalue weighted by Gasteiger charge is -2.16. The van der Waals surface area contributed by atoms with Crippen LogP contribution in [0, 0.1) is 6.92 Å². The largest absolute Gasteiger partial charge is 0.421 e. The minimum Gasteiger partial charge on any atom is -0.338 e. The minimum atomic E-state index is -4.60. The SMILES string of the molecule is C=CC(=O)Nc1cc(C)ccc1Nc1ncncc1C(F)(F)F. The Labute approximate surface area is 130 Å². The maximum atomic E-state index is 13.0. The van der Waals surface area contributed by atoms with E-state index in [1.165, 1.54) is 0 Å². The van der Waals surface area contributed by atoms with E-state index in [0.29, 0.717) is 11.9 Å². The highest BCUT2D eigenvalue weighted by Gasteiger charge is 2.35. The molecule has 1 aromatic heterocycles. The monoisotopic (exact) mass is 322 g/mol. The predicted octanol–water partition coefficient (Wildman–Crippen LogP) is 3.67. The quantitative estimate of drug-likeness (QED) is 0.843. The second-order valence-electron chi connectivity index (χ2n) is 4.65. The molecule has 0 aliphatic carbocycles. The third kappa shape index (κ3) is 4.06. The van der Waals surface area contributed by atoms with Crippen LogP contribution in [0.2, 0.25) is 0 Å². The number of hydrogen-bond acceptors (Lipinski definition) is 4. The Bertz CT molecular complexity index is 744. The smallest absolute Gasteiger partial charge is 0.338 e. The molecular weight excluding hydrogens is 309 g/mol. The van der Waals surface area contributed by atoms with Crippen LogP contribution < -0.4 is 10.6 Å². The molecule has 2 rings (SSSR count). The number of nitrogens with zero attached hydrogens (tertiary/aromatic N) is 2. The highest BCUT2D eigenvalue weighted by Crippen LogP contribution is 2.35. The fourth-order valence-corrected chi connectivity index (χ4v) is 1.82. The van der Waals surface area contributed by atoms with Gasteiger partial charge in [-0.2, -0.15) is 13.2 Å². The van der Waals surface area contributed by atoms with E-state index in [-0.39, 0.29) is 5.69 Å². The number of anilines is 3. The van der Waals surface area contributed by atoms with E-state index in [4.69, 9.17) is 0 Å². The molecule has 0 aliphatic heterocycles. The van der Waals surface area contributed by atoms with Crippen molar-refractivity contribution >= 4 is 23.1 Å². The summed E-state index contributed by atoms with van der Waals surface area (Å²) in [4.78, 5) is 18.5. The van der Waals surface area contributed by atoms with Gasteiger partial charge in [0.2, 0.25) is 5.91 Å². The molecule has 0 radical (unpaired) electrons. The second-order valence-corrected chi connectivity index (χ2v) is 4.65. The third-order valence-corrected chi connectivity index (χ3v) is 2.89. The number of carbonyl (C=O) groups is 1. The Morgan fingerprint density at radius 1 is 1.30 bits per heavy atom. The van der Waals surface area contributed by atoms with E-state index in [1.54, 1.807) is 25.1 Å². The molecule has 23 heavy (non-hydrogen) atoms. The van der Waals surface area contributed by atoms with Gasteiger partial charge >= 0.3 is 6.18 Å². The Kier molecular flexibility index (Phi) is 4.63. The molecule has 8 heteroatoms. The first-order valence-corrected chi connectivity index (χ1v) is 6.49. The number of alkyl halides is 3. The number of halogens is 3. The first-order chi connectivity index (χ1) is 10.8. The maximum absolute atomic E-state index is 13.0. The summed E-state index contributed by atoms with van der Waals surface area (Å²) in [6, 6.07) is 4.87. The molecule has 0 saturated carbocycles. The van der Waals surface area contributed by atoms with Gasteiger partial charge < -0.3 is 10.6 Å². The van der Waals surface area contributed by atoms with E-state index in [9.17, 15) is 18.0 Å². The number of aryl methyl sites for hydroxylation is 1. The summed E-state index contributed by atoms with van der Waals surface area (Å²) in [5, 5.41) is 5.12. The van der Waals surface area contributed by atoms with Gasteiger partial charge in [-0.1, -0.05) is 12.6 Å². The standard InChI is InChI=1S/C15H13F3N4O/c1-3-13(23)21-12-6-9(2)4-5-11(12)22-14-10(15(16,17)18)7-19-8-20-14/h3-8H,1H2,2H3,(H,21,23)(H,19,20,22). The van der Waals surface area contributed by atoms with Crippen molar-refractivity contribution in [3.63, 3.8) is 0 Å². The molecule has 5 nitrogen and oxygen atoms in total. The number of benzene rings is 1. The van der Waals surface area contributed by atoms with Crippen LogP contribution in [0.4, 0.5) is 30.4 Å². The van der Waals surface area contributed by atoms with Gasteiger partial charge in [0.25, 0.3) is 0 Å². The van der Waals surface area contributed by atoms with Gasteiger partial charge in [-0.3, -0.25) is 4.79 Å². The van der Waals surface area contributed by atoms with Gasteiger partial charge in [-0.05, 0) is 30.7 Å². The molecule has 0 unspecified atom stereocenters. The van der Waals surface area contributed by atoms with Crippen LogP contribution in [-0.4, -0.2) is 15.9 Å². The summed E-state index contributed by atoms with van der Waals surface area (Å²) in [6.07, 6.45) is -1.84. The zero-order valence-corrected chi connectivity index (χ0v) is 12.1. The average Bonchev–Trinajstić information content (AvgIpc) is 2.49. The Balaban J connectivity index is 2.41. The minimum absolute atomic E-state index is 0.273. The summed E-state index contributed by atoms with van der Waals surface area (Å²) in [7, 11) is 0.